The van der Waals surface area contributed by atoms with Crippen LogP contribution in [0.2, 0.25) is 0 Å². The number of carbonyl (C=O) groups is 1. The summed E-state index contributed by atoms with van der Waals surface area (Å²) < 4.78 is 0. The van der Waals surface area contributed by atoms with Crippen molar-refractivity contribution in [1.29, 1.82) is 0 Å². The Labute approximate surface area is 101 Å². The van der Waals surface area contributed by atoms with Gasteiger partial charge in [0, 0.05) is 0 Å². The van der Waals surface area contributed by atoms with Crippen LogP contribution in [0.15, 0.2) is 29.4 Å². The number of amides is 1. The highest BCUT2D eigenvalue weighted by atomic mass is 16.2. The van der Waals surface area contributed by atoms with E-state index in [1.165, 1.54) is 10.6 Å². The summed E-state index contributed by atoms with van der Waals surface area (Å²) in [6, 6.07) is 8.25. The van der Waals surface area contributed by atoms with Gasteiger partial charge >= 0.3 is 0 Å². The summed E-state index contributed by atoms with van der Waals surface area (Å²) in [6.45, 7) is 4.81. The van der Waals surface area contributed by atoms with Crippen LogP contribution in [0, 0.1) is 0 Å². The fraction of sp³-hybridized carbons (Fsp3) is 0.385. The summed E-state index contributed by atoms with van der Waals surface area (Å²) >= 11 is 0. The number of hydrogen-bond donors (Lipinski definition) is 1. The van der Waals surface area contributed by atoms with Crippen LogP contribution in [0.3, 0.4) is 0 Å². The predicted molar refractivity (Wildman–Crippen MR) is 67.3 cm³/mol. The largest absolute Gasteiger partial charge is 0.385 e. The first-order chi connectivity index (χ1) is 8.06. The van der Waals surface area contributed by atoms with Crippen LogP contribution < -0.4 is 5.73 Å². The number of benzene rings is 1. The highest BCUT2D eigenvalue weighted by Crippen LogP contribution is 2.17. The molecule has 0 saturated carbocycles. The van der Waals surface area contributed by atoms with E-state index in [0.29, 0.717) is 18.3 Å². The molecule has 1 aromatic rings. The normalized spacial score (nSPS) is 15.6. The third-order valence-corrected chi connectivity index (χ3v) is 2.85. The zero-order chi connectivity index (χ0) is 12.4. The Morgan fingerprint density at radius 1 is 1.35 bits per heavy atom. The Hall–Kier alpha value is -1.84. The average Bonchev–Trinajstić information content (AvgIpc) is 2.58. The van der Waals surface area contributed by atoms with Crippen molar-refractivity contribution in [3.05, 3.63) is 35.4 Å². The lowest BCUT2D eigenvalue weighted by Crippen LogP contribution is -2.20. The van der Waals surface area contributed by atoms with Gasteiger partial charge < -0.3 is 5.73 Å². The summed E-state index contributed by atoms with van der Waals surface area (Å²) in [5.41, 5.74) is 7.89. The van der Waals surface area contributed by atoms with Gasteiger partial charge in [0.15, 0.2) is 0 Å². The lowest BCUT2D eigenvalue weighted by molar-refractivity contribution is -0.129. The molecule has 0 fully saturated rings. The highest BCUT2D eigenvalue weighted by molar-refractivity contribution is 6.02. The summed E-state index contributed by atoms with van der Waals surface area (Å²) in [6.07, 6.45) is 0.240. The van der Waals surface area contributed by atoms with Crippen molar-refractivity contribution >= 4 is 11.7 Å². The number of nitrogens with two attached hydrogens (primary N) is 1. The molecule has 17 heavy (non-hydrogen) atoms. The minimum atomic E-state index is -0.0320. The zero-order valence-corrected chi connectivity index (χ0v) is 10.2. The Morgan fingerprint density at radius 2 is 2.00 bits per heavy atom. The van der Waals surface area contributed by atoms with E-state index in [0.717, 1.165) is 5.56 Å². The van der Waals surface area contributed by atoms with E-state index < -0.39 is 0 Å². The second kappa shape index (κ2) is 4.57. The van der Waals surface area contributed by atoms with Crippen molar-refractivity contribution in [2.75, 3.05) is 0 Å². The van der Waals surface area contributed by atoms with Crippen LogP contribution in [0.1, 0.15) is 37.3 Å². The molecule has 1 amide bonds. The van der Waals surface area contributed by atoms with Gasteiger partial charge in [-0.1, -0.05) is 38.1 Å². The van der Waals surface area contributed by atoms with Crippen molar-refractivity contribution < 1.29 is 4.79 Å². The smallest absolute Gasteiger partial charge is 0.250 e. The molecule has 4 heteroatoms. The first-order valence-electron chi connectivity index (χ1n) is 5.78. The molecular weight excluding hydrogens is 214 g/mol. The molecule has 1 aliphatic heterocycles. The number of hydrazone groups is 1. The van der Waals surface area contributed by atoms with Crippen LogP contribution >= 0.6 is 0 Å². The van der Waals surface area contributed by atoms with Crippen LogP contribution in [-0.4, -0.2) is 16.8 Å². The Bertz CT molecular complexity index is 448. The van der Waals surface area contributed by atoms with Crippen molar-refractivity contribution in [1.82, 2.24) is 5.01 Å². The van der Waals surface area contributed by atoms with Crippen LogP contribution in [0.4, 0.5) is 0 Å². The van der Waals surface area contributed by atoms with Crippen molar-refractivity contribution in [2.24, 2.45) is 10.8 Å². The maximum atomic E-state index is 11.5. The summed E-state index contributed by atoms with van der Waals surface area (Å²) in [4.78, 5) is 11.5. The van der Waals surface area contributed by atoms with Gasteiger partial charge in [-0.15, -0.1) is 0 Å². The summed E-state index contributed by atoms with van der Waals surface area (Å²) in [5, 5.41) is 5.43. The number of nitrogens with zero attached hydrogens (tertiary/aromatic N) is 2. The Kier molecular flexibility index (Phi) is 3.13. The second-order valence-corrected chi connectivity index (χ2v) is 4.62. The molecule has 0 bridgehead atoms. The van der Waals surface area contributed by atoms with Crippen molar-refractivity contribution in [2.45, 2.75) is 32.7 Å². The first kappa shape index (κ1) is 11.6. The fourth-order valence-corrected chi connectivity index (χ4v) is 1.80. The number of amidine groups is 1. The molecule has 1 heterocycles. The van der Waals surface area contributed by atoms with E-state index in [4.69, 9.17) is 5.73 Å². The summed E-state index contributed by atoms with van der Waals surface area (Å²) in [7, 11) is 0. The van der Waals surface area contributed by atoms with E-state index in [1.54, 1.807) is 0 Å². The second-order valence-electron chi connectivity index (χ2n) is 4.62. The molecule has 1 aliphatic rings. The Morgan fingerprint density at radius 3 is 2.47 bits per heavy atom. The van der Waals surface area contributed by atoms with Gasteiger partial charge in [0.05, 0.1) is 13.0 Å². The van der Waals surface area contributed by atoms with E-state index in [1.807, 2.05) is 12.1 Å². The molecule has 2 rings (SSSR count). The van der Waals surface area contributed by atoms with Crippen molar-refractivity contribution in [3.8, 4) is 0 Å². The van der Waals surface area contributed by atoms with Gasteiger partial charge in [0.25, 0.3) is 5.91 Å². The SMILES string of the molecule is CC(C)c1ccc(CN2N=C(N)CC2=O)cc1. The van der Waals surface area contributed by atoms with Gasteiger partial charge in [-0.05, 0) is 17.0 Å². The number of carbonyl (C=O) groups excluding carboxylic acids is 1. The Balaban J connectivity index is 2.07. The van der Waals surface area contributed by atoms with Gasteiger partial charge in [-0.3, -0.25) is 4.79 Å². The third kappa shape index (κ3) is 2.64. The average molecular weight is 231 g/mol. The first-order valence-corrected chi connectivity index (χ1v) is 5.78. The van der Waals surface area contributed by atoms with E-state index in [9.17, 15) is 4.79 Å². The molecular formula is C13H17N3O. The molecule has 0 radical (unpaired) electrons. The van der Waals surface area contributed by atoms with Crippen LogP contribution in [0.5, 0.6) is 0 Å². The fourth-order valence-electron chi connectivity index (χ4n) is 1.80. The van der Waals surface area contributed by atoms with Gasteiger partial charge in [-0.25, -0.2) is 5.01 Å². The molecule has 4 nitrogen and oxygen atoms in total. The molecule has 1 aromatic carbocycles. The van der Waals surface area contributed by atoms with Crippen molar-refractivity contribution in [3.63, 3.8) is 0 Å². The number of hydrogen-bond acceptors (Lipinski definition) is 3. The van der Waals surface area contributed by atoms with E-state index in [2.05, 4.69) is 31.1 Å². The summed E-state index contributed by atoms with van der Waals surface area (Å²) in [5.74, 6) is 0.885. The lowest BCUT2D eigenvalue weighted by atomic mass is 10.0. The van der Waals surface area contributed by atoms with Gasteiger partial charge in [-0.2, -0.15) is 5.10 Å². The minimum absolute atomic E-state index is 0.0320. The van der Waals surface area contributed by atoms with Crippen LogP contribution in [0.25, 0.3) is 0 Å². The molecule has 0 saturated heterocycles. The maximum absolute atomic E-state index is 11.5. The quantitative estimate of drug-likeness (QED) is 0.862. The molecule has 2 N–H and O–H groups in total. The molecule has 0 unspecified atom stereocenters. The van der Waals surface area contributed by atoms with Gasteiger partial charge in [0.2, 0.25) is 0 Å². The predicted octanol–water partition coefficient (Wildman–Crippen LogP) is 1.81. The molecule has 90 valence electrons. The van der Waals surface area contributed by atoms with E-state index >= 15 is 0 Å². The number of rotatable bonds is 3. The van der Waals surface area contributed by atoms with Gasteiger partial charge in [0.1, 0.15) is 5.84 Å². The highest BCUT2D eigenvalue weighted by Gasteiger charge is 2.21. The third-order valence-electron chi connectivity index (χ3n) is 2.85. The zero-order valence-electron chi connectivity index (χ0n) is 10.2. The standard InChI is InChI=1S/C13H17N3O/c1-9(2)11-5-3-10(4-6-11)8-16-13(17)7-12(14)15-16/h3-6,9H,7-8H2,1-2H3,(H2,14,15). The van der Waals surface area contributed by atoms with Crippen LogP contribution in [-0.2, 0) is 11.3 Å². The maximum Gasteiger partial charge on any atom is 0.250 e. The molecule has 0 aromatic heterocycles. The minimum Gasteiger partial charge on any atom is -0.385 e. The lowest BCUT2D eigenvalue weighted by Gasteiger charge is -2.12. The van der Waals surface area contributed by atoms with E-state index in [-0.39, 0.29) is 12.3 Å². The molecule has 0 atom stereocenters. The molecule has 0 aliphatic carbocycles. The topological polar surface area (TPSA) is 58.7 Å². The monoisotopic (exact) mass is 231 g/mol. The molecule has 0 spiro atoms.